The molecule has 2 saturated heterocycles. The molecule has 0 radical (unpaired) electrons. The zero-order chi connectivity index (χ0) is 15.1. The van der Waals surface area contributed by atoms with Crippen LogP contribution in [0.5, 0.6) is 0 Å². The van der Waals surface area contributed by atoms with Crippen molar-refractivity contribution in [2.24, 2.45) is 11.8 Å². The molecular formula is C16H29NO4. The topological polar surface area (TPSA) is 60.0 Å². The quantitative estimate of drug-likeness (QED) is 0.839. The molecule has 21 heavy (non-hydrogen) atoms. The molecule has 2 spiro atoms. The van der Waals surface area contributed by atoms with Crippen LogP contribution in [0.4, 0.5) is 0 Å². The van der Waals surface area contributed by atoms with Gasteiger partial charge in [0.15, 0.2) is 5.79 Å². The van der Waals surface area contributed by atoms with Gasteiger partial charge in [0.25, 0.3) is 0 Å². The minimum absolute atomic E-state index is 0.108. The van der Waals surface area contributed by atoms with Crippen LogP contribution in [0.15, 0.2) is 0 Å². The van der Waals surface area contributed by atoms with E-state index in [2.05, 4.69) is 26.3 Å². The van der Waals surface area contributed by atoms with Gasteiger partial charge < -0.3 is 14.6 Å². The summed E-state index contributed by atoms with van der Waals surface area (Å²) >= 11 is 0. The lowest BCUT2D eigenvalue weighted by molar-refractivity contribution is -0.293. The predicted molar refractivity (Wildman–Crippen MR) is 78.0 cm³/mol. The van der Waals surface area contributed by atoms with Crippen LogP contribution in [0.1, 0.15) is 65.7 Å². The lowest BCUT2D eigenvalue weighted by Crippen LogP contribution is -2.47. The third-order valence-electron chi connectivity index (χ3n) is 5.17. The van der Waals surface area contributed by atoms with Gasteiger partial charge in [-0.1, -0.05) is 27.2 Å². The number of hydrogen-bond acceptors (Lipinski definition) is 5. The van der Waals surface area contributed by atoms with Crippen LogP contribution in [-0.2, 0) is 14.3 Å². The number of rotatable bonds is 3. The number of ether oxygens (including phenoxy) is 2. The Balaban J connectivity index is 1.80. The molecule has 5 nitrogen and oxygen atoms in total. The summed E-state index contributed by atoms with van der Waals surface area (Å²) in [6, 6.07) is 0.201. The molecule has 1 saturated carbocycles. The highest BCUT2D eigenvalue weighted by molar-refractivity contribution is 4.99. The van der Waals surface area contributed by atoms with Gasteiger partial charge in [0.05, 0.1) is 0 Å². The lowest BCUT2D eigenvalue weighted by atomic mass is 9.85. The number of nitrogens with one attached hydrogen (secondary N) is 1. The molecule has 2 N–H and O–H groups in total. The minimum Gasteiger partial charge on any atom is -0.364 e. The van der Waals surface area contributed by atoms with Gasteiger partial charge >= 0.3 is 0 Å². The van der Waals surface area contributed by atoms with Crippen LogP contribution in [0.25, 0.3) is 0 Å². The Hall–Kier alpha value is -0.200. The SMILES string of the molecule is CC[C@H]1[C@@H](CC(C)C)NOC12OC1(CCCCC1)OC2O. The number of hydroxylamine groups is 1. The van der Waals surface area contributed by atoms with E-state index in [0.717, 1.165) is 38.5 Å². The van der Waals surface area contributed by atoms with Crippen molar-refractivity contribution in [3.8, 4) is 0 Å². The Bertz CT molecular complexity index is 369. The van der Waals surface area contributed by atoms with Crippen LogP contribution < -0.4 is 5.48 Å². The fourth-order valence-corrected chi connectivity index (χ4v) is 4.19. The first-order valence-electron chi connectivity index (χ1n) is 8.51. The molecule has 0 bridgehead atoms. The van der Waals surface area contributed by atoms with Crippen LogP contribution in [0, 0.1) is 11.8 Å². The molecule has 3 aliphatic rings. The standard InChI is InChI=1S/C16H29NO4/c1-4-12-13(10-11(2)3)17-21-16(12)14(18)19-15(20-16)8-6-5-7-9-15/h11-14,17-18H,4-10H2,1-3H3/t12-,13+,14?,16?/m0/s1. The van der Waals surface area contributed by atoms with Crippen LogP contribution in [-0.4, -0.2) is 29.0 Å². The molecule has 1 aliphatic carbocycles. The Morgan fingerprint density at radius 1 is 1.24 bits per heavy atom. The van der Waals surface area contributed by atoms with Gasteiger partial charge in [0.1, 0.15) is 0 Å². The molecule has 0 aromatic rings. The zero-order valence-corrected chi connectivity index (χ0v) is 13.4. The summed E-state index contributed by atoms with van der Waals surface area (Å²) in [5.74, 6) is -1.000. The molecule has 2 aliphatic heterocycles. The highest BCUT2D eigenvalue weighted by atomic mass is 16.9. The lowest BCUT2D eigenvalue weighted by Gasteiger charge is -2.34. The van der Waals surface area contributed by atoms with Crippen LogP contribution >= 0.6 is 0 Å². The first kappa shape index (κ1) is 15.7. The first-order chi connectivity index (χ1) is 10.0. The first-order valence-corrected chi connectivity index (χ1v) is 8.51. The molecule has 3 rings (SSSR count). The summed E-state index contributed by atoms with van der Waals surface area (Å²) in [7, 11) is 0. The van der Waals surface area contributed by atoms with E-state index in [0.29, 0.717) is 5.92 Å². The molecule has 4 atom stereocenters. The average molecular weight is 299 g/mol. The molecule has 3 fully saturated rings. The molecule has 122 valence electrons. The molecule has 0 amide bonds. The van der Waals surface area contributed by atoms with E-state index in [1.807, 2.05) is 0 Å². The zero-order valence-electron chi connectivity index (χ0n) is 13.4. The van der Waals surface area contributed by atoms with Crippen LogP contribution in [0.2, 0.25) is 0 Å². The minimum atomic E-state index is -1.04. The van der Waals surface area contributed by atoms with Crippen molar-refractivity contribution < 1.29 is 19.4 Å². The molecule has 0 aromatic heterocycles. The van der Waals surface area contributed by atoms with Gasteiger partial charge in [-0.15, -0.1) is 0 Å². The Morgan fingerprint density at radius 3 is 2.57 bits per heavy atom. The monoisotopic (exact) mass is 299 g/mol. The predicted octanol–water partition coefficient (Wildman–Crippen LogP) is 2.68. The Labute approximate surface area is 127 Å². The van der Waals surface area contributed by atoms with Gasteiger partial charge in [0, 0.05) is 24.8 Å². The smallest absolute Gasteiger partial charge is 0.245 e. The number of aliphatic hydroxyl groups is 1. The molecule has 2 unspecified atom stereocenters. The Kier molecular flexibility index (Phi) is 4.32. The second kappa shape index (κ2) is 5.78. The van der Waals surface area contributed by atoms with Crippen molar-refractivity contribution in [2.45, 2.75) is 89.6 Å². The maximum atomic E-state index is 10.5. The normalized spacial score (nSPS) is 42.4. The van der Waals surface area contributed by atoms with Gasteiger partial charge in [-0.25, -0.2) is 0 Å². The van der Waals surface area contributed by atoms with Gasteiger partial charge in [-0.2, -0.15) is 5.48 Å². The van der Waals surface area contributed by atoms with E-state index >= 15 is 0 Å². The molecule has 0 aromatic carbocycles. The summed E-state index contributed by atoms with van der Waals surface area (Å²) in [4.78, 5) is 5.81. The number of hydrogen-bond donors (Lipinski definition) is 2. The van der Waals surface area contributed by atoms with Crippen molar-refractivity contribution in [1.29, 1.82) is 0 Å². The largest absolute Gasteiger partial charge is 0.364 e. The summed E-state index contributed by atoms with van der Waals surface area (Å²) < 4.78 is 12.2. The van der Waals surface area contributed by atoms with E-state index in [-0.39, 0.29) is 12.0 Å². The number of aliphatic hydroxyl groups excluding tert-OH is 1. The van der Waals surface area contributed by atoms with E-state index < -0.39 is 17.9 Å². The fourth-order valence-electron chi connectivity index (χ4n) is 4.19. The summed E-state index contributed by atoms with van der Waals surface area (Å²) in [5.41, 5.74) is 3.11. The van der Waals surface area contributed by atoms with Crippen molar-refractivity contribution in [3.05, 3.63) is 0 Å². The molecular weight excluding hydrogens is 270 g/mol. The highest BCUT2D eigenvalue weighted by Crippen LogP contribution is 2.51. The molecule has 5 heteroatoms. The van der Waals surface area contributed by atoms with Gasteiger partial charge in [-0.05, 0) is 31.6 Å². The highest BCUT2D eigenvalue weighted by Gasteiger charge is 2.65. The van der Waals surface area contributed by atoms with Gasteiger partial charge in [-0.3, -0.25) is 4.84 Å². The maximum absolute atomic E-state index is 10.5. The van der Waals surface area contributed by atoms with Crippen LogP contribution in [0.3, 0.4) is 0 Å². The van der Waals surface area contributed by atoms with Crippen molar-refractivity contribution in [3.63, 3.8) is 0 Å². The summed E-state index contributed by atoms with van der Waals surface area (Å²) in [6.45, 7) is 6.52. The van der Waals surface area contributed by atoms with Crippen molar-refractivity contribution in [1.82, 2.24) is 5.48 Å². The summed E-state index contributed by atoms with van der Waals surface area (Å²) in [6.07, 6.45) is 5.96. The second-order valence-corrected chi connectivity index (χ2v) is 7.24. The van der Waals surface area contributed by atoms with E-state index in [9.17, 15) is 5.11 Å². The maximum Gasteiger partial charge on any atom is 0.245 e. The summed E-state index contributed by atoms with van der Waals surface area (Å²) in [5, 5.41) is 10.5. The van der Waals surface area contributed by atoms with Crippen molar-refractivity contribution in [2.75, 3.05) is 0 Å². The van der Waals surface area contributed by atoms with E-state index in [1.165, 1.54) is 6.42 Å². The second-order valence-electron chi connectivity index (χ2n) is 7.24. The van der Waals surface area contributed by atoms with Gasteiger partial charge in [0.2, 0.25) is 12.1 Å². The van der Waals surface area contributed by atoms with E-state index in [4.69, 9.17) is 14.3 Å². The average Bonchev–Trinajstić information content (AvgIpc) is 2.90. The molecule has 2 heterocycles. The Morgan fingerprint density at radius 2 is 1.95 bits per heavy atom. The third kappa shape index (κ3) is 2.63. The van der Waals surface area contributed by atoms with E-state index in [1.54, 1.807) is 0 Å². The fraction of sp³-hybridized carbons (Fsp3) is 1.00. The third-order valence-corrected chi connectivity index (χ3v) is 5.17. The van der Waals surface area contributed by atoms with Crippen molar-refractivity contribution >= 4 is 0 Å².